The van der Waals surface area contributed by atoms with Crippen molar-refractivity contribution in [3.63, 3.8) is 0 Å². The Morgan fingerprint density at radius 1 is 1.18 bits per heavy atom. The number of nitriles is 1. The van der Waals surface area contributed by atoms with Gasteiger partial charge in [0.25, 0.3) is 5.91 Å². The molecule has 0 saturated carbocycles. The molecule has 0 atom stereocenters. The second kappa shape index (κ2) is 7.08. The second-order valence-electron chi connectivity index (χ2n) is 4.28. The first-order valence-electron chi connectivity index (χ1n) is 6.14. The molecule has 0 heterocycles. The lowest BCUT2D eigenvalue weighted by Gasteiger charge is -2.05. The van der Waals surface area contributed by atoms with Crippen molar-refractivity contribution in [3.05, 3.63) is 69.5 Å². The summed E-state index contributed by atoms with van der Waals surface area (Å²) in [5, 5.41) is 12.1. The highest BCUT2D eigenvalue weighted by atomic mass is 35.5. The summed E-state index contributed by atoms with van der Waals surface area (Å²) >= 11 is 11.7. The first-order chi connectivity index (χ1) is 10.5. The zero-order valence-corrected chi connectivity index (χ0v) is 12.6. The van der Waals surface area contributed by atoms with Crippen LogP contribution in [0.5, 0.6) is 0 Å². The normalized spacial score (nSPS) is 10.9. The van der Waals surface area contributed by atoms with Gasteiger partial charge in [0, 0.05) is 0 Å². The quantitative estimate of drug-likeness (QED) is 0.654. The Bertz CT molecular complexity index is 797. The van der Waals surface area contributed by atoms with Crippen molar-refractivity contribution in [2.45, 2.75) is 0 Å². The number of rotatable bonds is 3. The molecule has 0 aliphatic heterocycles. The van der Waals surface area contributed by atoms with Crippen LogP contribution in [0.25, 0.3) is 6.08 Å². The summed E-state index contributed by atoms with van der Waals surface area (Å²) in [6.07, 6.45) is 1.35. The van der Waals surface area contributed by atoms with Crippen LogP contribution in [0.3, 0.4) is 0 Å². The minimum absolute atomic E-state index is 0.00258. The van der Waals surface area contributed by atoms with E-state index < -0.39 is 11.7 Å². The highest BCUT2D eigenvalue weighted by molar-refractivity contribution is 6.42. The maximum atomic E-state index is 13.5. The van der Waals surface area contributed by atoms with Gasteiger partial charge in [-0.05, 0) is 35.9 Å². The number of para-hydroxylation sites is 1. The summed E-state index contributed by atoms with van der Waals surface area (Å²) in [4.78, 5) is 12.0. The lowest BCUT2D eigenvalue weighted by Crippen LogP contribution is -2.14. The summed E-state index contributed by atoms with van der Waals surface area (Å²) in [6, 6.07) is 12.2. The molecule has 2 aromatic rings. The van der Waals surface area contributed by atoms with Gasteiger partial charge in [-0.1, -0.05) is 41.4 Å². The molecule has 22 heavy (non-hydrogen) atoms. The van der Waals surface area contributed by atoms with E-state index in [0.29, 0.717) is 15.6 Å². The highest BCUT2D eigenvalue weighted by Crippen LogP contribution is 2.24. The predicted octanol–water partition coefficient (Wildman–Crippen LogP) is 4.68. The van der Waals surface area contributed by atoms with Gasteiger partial charge in [0.2, 0.25) is 0 Å². The van der Waals surface area contributed by atoms with E-state index in [1.165, 1.54) is 30.3 Å². The molecule has 0 aliphatic carbocycles. The van der Waals surface area contributed by atoms with Crippen LogP contribution in [-0.2, 0) is 4.79 Å². The van der Waals surface area contributed by atoms with Crippen molar-refractivity contribution in [2.75, 3.05) is 5.32 Å². The van der Waals surface area contributed by atoms with E-state index in [1.54, 1.807) is 24.3 Å². The Balaban J connectivity index is 2.26. The Morgan fingerprint density at radius 2 is 1.91 bits per heavy atom. The Labute approximate surface area is 136 Å². The van der Waals surface area contributed by atoms with Crippen molar-refractivity contribution in [1.29, 1.82) is 5.26 Å². The predicted molar refractivity (Wildman–Crippen MR) is 85.1 cm³/mol. The SMILES string of the molecule is N#C/C(=C/c1ccc(Cl)c(Cl)c1)C(=O)Nc1ccccc1F. The van der Waals surface area contributed by atoms with Crippen LogP contribution in [0.15, 0.2) is 48.0 Å². The number of benzene rings is 2. The molecule has 0 fully saturated rings. The van der Waals surface area contributed by atoms with Crippen molar-refractivity contribution >= 4 is 40.9 Å². The minimum Gasteiger partial charge on any atom is -0.319 e. The lowest BCUT2D eigenvalue weighted by molar-refractivity contribution is -0.112. The standard InChI is InChI=1S/C16H9Cl2FN2O/c17-12-6-5-10(8-13(12)18)7-11(9-20)16(22)21-15-4-2-1-3-14(15)19/h1-8H,(H,21,22)/b11-7-. The third kappa shape index (κ3) is 3.85. The van der Waals surface area contributed by atoms with E-state index in [2.05, 4.69) is 5.32 Å². The third-order valence-electron chi connectivity index (χ3n) is 2.74. The van der Waals surface area contributed by atoms with E-state index in [1.807, 2.05) is 0 Å². The Morgan fingerprint density at radius 3 is 2.55 bits per heavy atom. The monoisotopic (exact) mass is 334 g/mol. The van der Waals surface area contributed by atoms with E-state index >= 15 is 0 Å². The number of hydrogen-bond donors (Lipinski definition) is 1. The first kappa shape index (κ1) is 16.0. The van der Waals surface area contributed by atoms with E-state index in [4.69, 9.17) is 28.5 Å². The number of hydrogen-bond acceptors (Lipinski definition) is 2. The molecule has 2 aromatic carbocycles. The van der Waals surface area contributed by atoms with Gasteiger partial charge in [-0.25, -0.2) is 4.39 Å². The van der Waals surface area contributed by atoms with Crippen molar-refractivity contribution < 1.29 is 9.18 Å². The van der Waals surface area contributed by atoms with Crippen LogP contribution in [-0.4, -0.2) is 5.91 Å². The van der Waals surface area contributed by atoms with Crippen LogP contribution in [0.1, 0.15) is 5.56 Å². The van der Waals surface area contributed by atoms with Gasteiger partial charge in [0.1, 0.15) is 17.5 Å². The zero-order chi connectivity index (χ0) is 16.1. The molecular formula is C16H9Cl2FN2O. The average molecular weight is 335 g/mol. The molecule has 0 unspecified atom stereocenters. The van der Waals surface area contributed by atoms with E-state index in [9.17, 15) is 9.18 Å². The number of carbonyl (C=O) groups excluding carboxylic acids is 1. The smallest absolute Gasteiger partial charge is 0.266 e. The molecule has 1 N–H and O–H groups in total. The molecular weight excluding hydrogens is 326 g/mol. The molecule has 110 valence electrons. The number of amides is 1. The maximum Gasteiger partial charge on any atom is 0.266 e. The van der Waals surface area contributed by atoms with Crippen LogP contribution >= 0.6 is 23.2 Å². The van der Waals surface area contributed by atoms with Gasteiger partial charge in [-0.2, -0.15) is 5.26 Å². The summed E-state index contributed by atoms with van der Waals surface area (Å²) in [5.41, 5.74) is 0.360. The van der Waals surface area contributed by atoms with Gasteiger partial charge in [-0.3, -0.25) is 4.79 Å². The zero-order valence-electron chi connectivity index (χ0n) is 11.1. The number of halogens is 3. The van der Waals surface area contributed by atoms with Crippen LogP contribution in [0.4, 0.5) is 10.1 Å². The lowest BCUT2D eigenvalue weighted by atomic mass is 10.1. The fourth-order valence-electron chi connectivity index (χ4n) is 1.67. The summed E-state index contributed by atoms with van der Waals surface area (Å²) in [6.45, 7) is 0. The molecule has 3 nitrogen and oxygen atoms in total. The number of nitrogens with one attached hydrogen (secondary N) is 1. The topological polar surface area (TPSA) is 52.9 Å². The van der Waals surface area contributed by atoms with Gasteiger partial charge in [0.15, 0.2) is 0 Å². The summed E-state index contributed by atoms with van der Waals surface area (Å²) in [5.74, 6) is -1.29. The second-order valence-corrected chi connectivity index (χ2v) is 5.09. The number of nitrogens with zero attached hydrogens (tertiary/aromatic N) is 1. The van der Waals surface area contributed by atoms with Crippen LogP contribution in [0, 0.1) is 17.1 Å². The fourth-order valence-corrected chi connectivity index (χ4v) is 1.98. The molecule has 0 aliphatic rings. The molecule has 0 bridgehead atoms. The maximum absolute atomic E-state index is 13.5. The third-order valence-corrected chi connectivity index (χ3v) is 3.48. The number of carbonyl (C=O) groups is 1. The summed E-state index contributed by atoms with van der Waals surface area (Å²) < 4.78 is 13.5. The molecule has 6 heteroatoms. The molecule has 0 aromatic heterocycles. The van der Waals surface area contributed by atoms with E-state index in [0.717, 1.165) is 0 Å². The molecule has 0 saturated heterocycles. The summed E-state index contributed by atoms with van der Waals surface area (Å²) in [7, 11) is 0. The first-order valence-corrected chi connectivity index (χ1v) is 6.89. The molecule has 2 rings (SSSR count). The van der Waals surface area contributed by atoms with Crippen molar-refractivity contribution in [1.82, 2.24) is 0 Å². The molecule has 0 radical (unpaired) electrons. The highest BCUT2D eigenvalue weighted by Gasteiger charge is 2.12. The molecule has 1 amide bonds. The van der Waals surface area contributed by atoms with E-state index in [-0.39, 0.29) is 11.3 Å². The largest absolute Gasteiger partial charge is 0.319 e. The minimum atomic E-state index is -0.710. The van der Waals surface area contributed by atoms with Gasteiger partial charge >= 0.3 is 0 Å². The van der Waals surface area contributed by atoms with Gasteiger partial charge in [0.05, 0.1) is 15.7 Å². The molecule has 0 spiro atoms. The van der Waals surface area contributed by atoms with Crippen molar-refractivity contribution in [2.24, 2.45) is 0 Å². The fraction of sp³-hybridized carbons (Fsp3) is 0. The number of anilines is 1. The van der Waals surface area contributed by atoms with Gasteiger partial charge in [-0.15, -0.1) is 0 Å². The van der Waals surface area contributed by atoms with Gasteiger partial charge < -0.3 is 5.32 Å². The van der Waals surface area contributed by atoms with Crippen LogP contribution < -0.4 is 5.32 Å². The average Bonchev–Trinajstić information content (AvgIpc) is 2.50. The van der Waals surface area contributed by atoms with Crippen LogP contribution in [0.2, 0.25) is 10.0 Å². The van der Waals surface area contributed by atoms with Crippen molar-refractivity contribution in [3.8, 4) is 6.07 Å². The Kier molecular flexibility index (Phi) is 5.16. The Hall–Kier alpha value is -2.35.